The van der Waals surface area contributed by atoms with Crippen molar-refractivity contribution in [1.29, 1.82) is 0 Å². The van der Waals surface area contributed by atoms with Gasteiger partial charge in [-0.25, -0.2) is 0 Å². The minimum absolute atomic E-state index is 0.00854. The van der Waals surface area contributed by atoms with Crippen molar-refractivity contribution in [1.82, 2.24) is 0 Å². The van der Waals surface area contributed by atoms with Crippen LogP contribution in [0.1, 0.15) is 101 Å². The highest BCUT2D eigenvalue weighted by atomic mass is 16.6. The first-order valence-electron chi connectivity index (χ1n) is 10.2. The van der Waals surface area contributed by atoms with Crippen molar-refractivity contribution in [3.8, 4) is 0 Å². The predicted molar refractivity (Wildman–Crippen MR) is 114 cm³/mol. The number of hydrogen-bond acceptors (Lipinski definition) is 3. The van der Waals surface area contributed by atoms with E-state index in [1.54, 1.807) is 0 Å². The van der Waals surface area contributed by atoms with E-state index in [0.717, 1.165) is 18.4 Å². The van der Waals surface area contributed by atoms with Crippen LogP contribution in [0.3, 0.4) is 0 Å². The van der Waals surface area contributed by atoms with Crippen LogP contribution in [0.5, 0.6) is 0 Å². The highest BCUT2D eigenvalue weighted by Crippen LogP contribution is 2.49. The Hall–Kier alpha value is -1.12. The maximum absolute atomic E-state index is 11.6. The van der Waals surface area contributed by atoms with Crippen LogP contribution in [0.25, 0.3) is 0 Å². The maximum atomic E-state index is 11.6. The van der Waals surface area contributed by atoms with E-state index in [4.69, 9.17) is 0 Å². The van der Waals surface area contributed by atoms with E-state index in [-0.39, 0.29) is 35.1 Å². The molecule has 0 N–H and O–H groups in total. The fourth-order valence-electron chi connectivity index (χ4n) is 5.89. The quantitative estimate of drug-likeness (QED) is 0.168. The number of ether oxygens (including phenoxy) is 1. The van der Waals surface area contributed by atoms with Gasteiger partial charge in [0.15, 0.2) is 0 Å². The van der Waals surface area contributed by atoms with Gasteiger partial charge >= 0.3 is 12.4 Å². The molecule has 0 aromatic rings. The molecule has 0 bridgehead atoms. The van der Waals surface area contributed by atoms with Crippen LogP contribution in [-0.4, -0.2) is 12.4 Å². The molecule has 158 valence electrons. The fourth-order valence-corrected chi connectivity index (χ4v) is 5.89. The Bertz CT molecular complexity index is 518. The number of allylic oxidation sites excluding steroid dienone is 1. The smallest absolute Gasteiger partial charge is 0.313 e. The molecule has 3 heteroatoms. The zero-order chi connectivity index (χ0) is 21.7. The first-order chi connectivity index (χ1) is 11.9. The van der Waals surface area contributed by atoms with E-state index in [1.807, 2.05) is 6.92 Å². The van der Waals surface area contributed by atoms with Gasteiger partial charge in [0.05, 0.1) is 0 Å². The molecule has 0 rings (SSSR count). The summed E-state index contributed by atoms with van der Waals surface area (Å²) in [5.41, 5.74) is 1.85. The molecule has 1 unspecified atom stereocenters. The summed E-state index contributed by atoms with van der Waals surface area (Å²) in [6.07, 6.45) is 4.29. The number of carbonyl (C=O) groups excluding carboxylic acids is 2. The van der Waals surface area contributed by atoms with Crippen LogP contribution < -0.4 is 0 Å². The summed E-state index contributed by atoms with van der Waals surface area (Å²) in [4.78, 5) is 22.0. The van der Waals surface area contributed by atoms with Crippen molar-refractivity contribution in [3.05, 3.63) is 12.2 Å². The summed E-state index contributed by atoms with van der Waals surface area (Å²) in [6, 6.07) is 0. The molecule has 0 heterocycles. The second-order valence-electron chi connectivity index (χ2n) is 11.9. The topological polar surface area (TPSA) is 43.4 Å². The van der Waals surface area contributed by atoms with Gasteiger partial charge in [-0.3, -0.25) is 9.59 Å². The summed E-state index contributed by atoms with van der Waals surface area (Å²) in [6.45, 7) is 27.4. The molecule has 0 spiro atoms. The Labute approximate surface area is 168 Å². The summed E-state index contributed by atoms with van der Waals surface area (Å²) in [5.74, 6) is -0.251. The molecule has 0 radical (unpaired) electrons. The van der Waals surface area contributed by atoms with Gasteiger partial charge in [0.1, 0.15) is 0 Å². The minimum Gasteiger partial charge on any atom is -0.395 e. The van der Waals surface area contributed by atoms with Crippen LogP contribution in [0.2, 0.25) is 0 Å². The molecule has 3 nitrogen and oxygen atoms in total. The SMILES string of the molecule is C=C(C)C(CCC(=O)OC=O)C(C)(C)CC(C)(C)CC(C)(C)CC(C)(C)C. The van der Waals surface area contributed by atoms with Crippen molar-refractivity contribution in [2.24, 2.45) is 27.6 Å². The van der Waals surface area contributed by atoms with Gasteiger partial charge in [0.25, 0.3) is 0 Å². The molecule has 0 fully saturated rings. The minimum atomic E-state index is -0.461. The van der Waals surface area contributed by atoms with Gasteiger partial charge in [0.2, 0.25) is 0 Å². The number of hydrogen-bond donors (Lipinski definition) is 0. The zero-order valence-electron chi connectivity index (χ0n) is 19.6. The Kier molecular flexibility index (Phi) is 9.00. The average molecular weight is 381 g/mol. The van der Waals surface area contributed by atoms with Crippen LogP contribution in [0.4, 0.5) is 0 Å². The van der Waals surface area contributed by atoms with Crippen LogP contribution >= 0.6 is 0 Å². The molecule has 0 aliphatic carbocycles. The molecule has 0 saturated heterocycles. The molecule has 0 aromatic heterocycles. The number of carbonyl (C=O) groups is 2. The second kappa shape index (κ2) is 9.39. The molecule has 0 saturated carbocycles. The molecule has 27 heavy (non-hydrogen) atoms. The highest BCUT2D eigenvalue weighted by molar-refractivity contribution is 5.76. The van der Waals surface area contributed by atoms with Crippen LogP contribution in [0.15, 0.2) is 12.2 Å². The molecule has 0 aliphatic rings. The van der Waals surface area contributed by atoms with E-state index < -0.39 is 5.97 Å². The predicted octanol–water partition coefficient (Wildman–Crippen LogP) is 6.95. The lowest BCUT2D eigenvalue weighted by molar-refractivity contribution is -0.151. The van der Waals surface area contributed by atoms with Gasteiger partial charge in [-0.05, 0) is 60.2 Å². The number of esters is 1. The third-order valence-electron chi connectivity index (χ3n) is 5.26. The van der Waals surface area contributed by atoms with Gasteiger partial charge in [-0.2, -0.15) is 0 Å². The monoisotopic (exact) mass is 380 g/mol. The molecular formula is C24H44O3. The average Bonchev–Trinajstić information content (AvgIpc) is 2.31. The van der Waals surface area contributed by atoms with Gasteiger partial charge in [-0.15, -0.1) is 0 Å². The van der Waals surface area contributed by atoms with Crippen LogP contribution in [0, 0.1) is 27.6 Å². The van der Waals surface area contributed by atoms with Gasteiger partial charge in [-0.1, -0.05) is 74.5 Å². The highest BCUT2D eigenvalue weighted by Gasteiger charge is 2.39. The Morgan fingerprint density at radius 3 is 1.81 bits per heavy atom. The van der Waals surface area contributed by atoms with E-state index in [0.29, 0.717) is 11.8 Å². The van der Waals surface area contributed by atoms with Gasteiger partial charge < -0.3 is 4.74 Å². The maximum Gasteiger partial charge on any atom is 0.313 e. The van der Waals surface area contributed by atoms with Crippen molar-refractivity contribution in [2.45, 2.75) is 101 Å². The second-order valence-corrected chi connectivity index (χ2v) is 11.9. The number of rotatable bonds is 11. The summed E-state index contributed by atoms with van der Waals surface area (Å²) >= 11 is 0. The lowest BCUT2D eigenvalue weighted by atomic mass is 9.60. The molecule has 1 atom stereocenters. The zero-order valence-corrected chi connectivity index (χ0v) is 19.6. The van der Waals surface area contributed by atoms with Crippen molar-refractivity contribution < 1.29 is 14.3 Å². The van der Waals surface area contributed by atoms with E-state index in [1.165, 1.54) is 6.42 Å². The molecule has 0 amide bonds. The largest absolute Gasteiger partial charge is 0.395 e. The summed E-state index contributed by atoms with van der Waals surface area (Å²) in [7, 11) is 0. The summed E-state index contributed by atoms with van der Waals surface area (Å²) in [5, 5.41) is 0. The van der Waals surface area contributed by atoms with E-state index in [9.17, 15) is 9.59 Å². The Balaban J connectivity index is 5.20. The van der Waals surface area contributed by atoms with Crippen molar-refractivity contribution in [3.63, 3.8) is 0 Å². The first-order valence-corrected chi connectivity index (χ1v) is 10.2. The molecule has 0 aromatic carbocycles. The summed E-state index contributed by atoms with van der Waals surface area (Å²) < 4.78 is 4.45. The van der Waals surface area contributed by atoms with E-state index in [2.05, 4.69) is 73.6 Å². The standard InChI is InChI=1S/C24H44O3/c1-18(2)19(12-13-20(26)27-17-25)24(10,11)16-23(8,9)15-22(6,7)14-21(3,4)5/h17,19H,1,12-16H2,2-11H3. The normalized spacial score (nSPS) is 14.6. The Morgan fingerprint density at radius 2 is 1.41 bits per heavy atom. The lowest BCUT2D eigenvalue weighted by Gasteiger charge is -2.45. The molecule has 0 aliphatic heterocycles. The Morgan fingerprint density at radius 1 is 0.926 bits per heavy atom. The third kappa shape index (κ3) is 10.7. The molecular weight excluding hydrogens is 336 g/mol. The first kappa shape index (κ1) is 25.9. The lowest BCUT2D eigenvalue weighted by Crippen LogP contribution is -2.35. The van der Waals surface area contributed by atoms with Crippen molar-refractivity contribution >= 4 is 12.4 Å². The van der Waals surface area contributed by atoms with Crippen LogP contribution in [-0.2, 0) is 14.3 Å². The third-order valence-corrected chi connectivity index (χ3v) is 5.26. The van der Waals surface area contributed by atoms with E-state index >= 15 is 0 Å². The fraction of sp³-hybridized carbons (Fsp3) is 0.833. The van der Waals surface area contributed by atoms with Crippen molar-refractivity contribution in [2.75, 3.05) is 0 Å². The van der Waals surface area contributed by atoms with Gasteiger partial charge in [0, 0.05) is 6.42 Å².